The summed E-state index contributed by atoms with van der Waals surface area (Å²) in [6, 6.07) is 5.59. The van der Waals surface area contributed by atoms with E-state index >= 15 is 0 Å². The van der Waals surface area contributed by atoms with Crippen LogP contribution in [-0.4, -0.2) is 28.2 Å². The molecule has 0 saturated carbocycles. The minimum absolute atomic E-state index is 0.175. The molecule has 6 nitrogen and oxygen atoms in total. The minimum Gasteiger partial charge on any atom is -0.495 e. The number of halogens is 1. The summed E-state index contributed by atoms with van der Waals surface area (Å²) >= 11 is 6.28. The van der Waals surface area contributed by atoms with Crippen molar-refractivity contribution in [1.82, 2.24) is 15.2 Å². The Hall–Kier alpha value is -2.60. The fourth-order valence-corrected chi connectivity index (χ4v) is 2.77. The van der Waals surface area contributed by atoms with Gasteiger partial charge in [-0.2, -0.15) is 5.10 Å². The number of hydrogen-bond acceptors (Lipinski definition) is 4. The van der Waals surface area contributed by atoms with E-state index in [9.17, 15) is 4.79 Å². The number of anilines is 1. The van der Waals surface area contributed by atoms with Crippen LogP contribution < -0.4 is 10.1 Å². The maximum absolute atomic E-state index is 11.4. The number of ether oxygens (including phenoxy) is 1. The molecule has 0 radical (unpaired) electrons. The highest BCUT2D eigenvalue weighted by molar-refractivity contribution is 6.33. The van der Waals surface area contributed by atoms with Gasteiger partial charge in [0.1, 0.15) is 11.4 Å². The molecule has 124 valence electrons. The number of aryl methyl sites for hydroxylation is 2. The van der Waals surface area contributed by atoms with Crippen molar-refractivity contribution in [3.05, 3.63) is 34.5 Å². The predicted molar refractivity (Wildman–Crippen MR) is 94.7 cm³/mol. The van der Waals surface area contributed by atoms with Crippen LogP contribution in [0, 0.1) is 13.8 Å². The maximum atomic E-state index is 11.4. The number of amides is 1. The molecule has 2 aromatic heterocycles. The number of carbonyl (C=O) groups is 1. The molecule has 0 bridgehead atoms. The van der Waals surface area contributed by atoms with Crippen molar-refractivity contribution < 1.29 is 9.53 Å². The molecule has 0 aliphatic carbocycles. The highest BCUT2D eigenvalue weighted by Gasteiger charge is 2.15. The van der Waals surface area contributed by atoms with Gasteiger partial charge in [0.15, 0.2) is 0 Å². The van der Waals surface area contributed by atoms with E-state index in [-0.39, 0.29) is 5.91 Å². The molecule has 0 spiro atoms. The van der Waals surface area contributed by atoms with Gasteiger partial charge in [0.05, 0.1) is 34.7 Å². The lowest BCUT2D eigenvalue weighted by Crippen LogP contribution is -2.07. The molecule has 0 saturated heterocycles. The number of nitrogens with one attached hydrogen (secondary N) is 2. The second-order valence-corrected chi connectivity index (χ2v) is 5.96. The first-order valence-electron chi connectivity index (χ1n) is 7.38. The third-order valence-electron chi connectivity index (χ3n) is 3.76. The zero-order chi connectivity index (χ0) is 17.4. The van der Waals surface area contributed by atoms with Crippen LogP contribution in [0.25, 0.3) is 22.3 Å². The molecular formula is C17H17ClN4O2. The van der Waals surface area contributed by atoms with Gasteiger partial charge in [0.2, 0.25) is 5.91 Å². The molecule has 1 amide bonds. The van der Waals surface area contributed by atoms with Crippen LogP contribution in [0.15, 0.2) is 18.2 Å². The Labute approximate surface area is 144 Å². The predicted octanol–water partition coefficient (Wildman–Crippen LogP) is 3.86. The first-order chi connectivity index (χ1) is 11.4. The Morgan fingerprint density at radius 2 is 2.04 bits per heavy atom. The summed E-state index contributed by atoms with van der Waals surface area (Å²) < 4.78 is 5.37. The van der Waals surface area contributed by atoms with Gasteiger partial charge >= 0.3 is 0 Å². The number of hydrogen-bond donors (Lipinski definition) is 2. The van der Waals surface area contributed by atoms with E-state index in [4.69, 9.17) is 16.3 Å². The van der Waals surface area contributed by atoms with Crippen molar-refractivity contribution in [3.8, 4) is 17.1 Å². The molecule has 2 N–H and O–H groups in total. The molecule has 24 heavy (non-hydrogen) atoms. The third kappa shape index (κ3) is 2.80. The van der Waals surface area contributed by atoms with Crippen LogP contribution in [-0.2, 0) is 4.79 Å². The number of aromatic amines is 1. The van der Waals surface area contributed by atoms with Gasteiger partial charge in [-0.3, -0.25) is 9.89 Å². The smallest absolute Gasteiger partial charge is 0.221 e. The molecule has 7 heteroatoms. The molecule has 3 rings (SSSR count). The molecule has 0 fully saturated rings. The molecule has 0 unspecified atom stereocenters. The molecule has 1 aromatic carbocycles. The van der Waals surface area contributed by atoms with E-state index in [1.54, 1.807) is 13.2 Å². The lowest BCUT2D eigenvalue weighted by molar-refractivity contribution is -0.114. The average Bonchev–Trinajstić information content (AvgIpc) is 2.85. The van der Waals surface area contributed by atoms with E-state index in [1.165, 1.54) is 6.92 Å². The third-order valence-corrected chi connectivity index (χ3v) is 4.23. The van der Waals surface area contributed by atoms with Gasteiger partial charge in [-0.15, -0.1) is 0 Å². The molecule has 0 aliphatic rings. The van der Waals surface area contributed by atoms with Crippen molar-refractivity contribution in [1.29, 1.82) is 0 Å². The van der Waals surface area contributed by atoms with Crippen LogP contribution in [0.1, 0.15) is 18.2 Å². The SMILES string of the molecule is COc1cc2c(C)cc(-c3n[nH]c(C)c3Cl)nc2cc1NC(C)=O. The van der Waals surface area contributed by atoms with Crippen LogP contribution in [0.4, 0.5) is 5.69 Å². The molecule has 3 aromatic rings. The Morgan fingerprint density at radius 1 is 1.29 bits per heavy atom. The fraction of sp³-hybridized carbons (Fsp3) is 0.235. The van der Waals surface area contributed by atoms with E-state index in [0.717, 1.165) is 22.2 Å². The standard InChI is InChI=1S/C17H17ClN4O2/c1-8-5-14(17-16(18)9(2)21-22-17)20-12-7-13(19-10(3)23)15(24-4)6-11(8)12/h5-7H,1-4H3,(H,19,23)(H,21,22). The number of aromatic nitrogens is 3. The van der Waals surface area contributed by atoms with Gasteiger partial charge in [-0.05, 0) is 37.6 Å². The highest BCUT2D eigenvalue weighted by Crippen LogP contribution is 2.34. The number of fused-ring (bicyclic) bond motifs is 1. The zero-order valence-corrected chi connectivity index (χ0v) is 14.6. The number of pyridine rings is 1. The van der Waals surface area contributed by atoms with E-state index in [1.807, 2.05) is 26.0 Å². The van der Waals surface area contributed by atoms with Gasteiger partial charge in [0, 0.05) is 12.3 Å². The van der Waals surface area contributed by atoms with Crippen molar-refractivity contribution in [2.75, 3.05) is 12.4 Å². The number of rotatable bonds is 3. The van der Waals surface area contributed by atoms with Gasteiger partial charge in [-0.25, -0.2) is 4.98 Å². The van der Waals surface area contributed by atoms with Crippen molar-refractivity contribution in [2.45, 2.75) is 20.8 Å². The van der Waals surface area contributed by atoms with Crippen LogP contribution >= 0.6 is 11.6 Å². The quantitative estimate of drug-likeness (QED) is 0.756. The Kier molecular flexibility index (Phi) is 4.15. The second-order valence-electron chi connectivity index (χ2n) is 5.59. The summed E-state index contributed by atoms with van der Waals surface area (Å²) in [5.74, 6) is 0.412. The van der Waals surface area contributed by atoms with Crippen molar-refractivity contribution in [3.63, 3.8) is 0 Å². The Morgan fingerprint density at radius 3 is 2.62 bits per heavy atom. The maximum Gasteiger partial charge on any atom is 0.221 e. The summed E-state index contributed by atoms with van der Waals surface area (Å²) in [7, 11) is 1.57. The van der Waals surface area contributed by atoms with Gasteiger partial charge in [0.25, 0.3) is 0 Å². The van der Waals surface area contributed by atoms with Gasteiger partial charge in [-0.1, -0.05) is 11.6 Å². The van der Waals surface area contributed by atoms with E-state index < -0.39 is 0 Å². The van der Waals surface area contributed by atoms with Crippen LogP contribution in [0.5, 0.6) is 5.75 Å². The molecule has 0 aliphatic heterocycles. The van der Waals surface area contributed by atoms with E-state index in [2.05, 4.69) is 20.5 Å². The van der Waals surface area contributed by atoms with Gasteiger partial charge < -0.3 is 10.1 Å². The molecule has 2 heterocycles. The largest absolute Gasteiger partial charge is 0.495 e. The topological polar surface area (TPSA) is 79.9 Å². The first kappa shape index (κ1) is 16.3. The summed E-state index contributed by atoms with van der Waals surface area (Å²) in [6.07, 6.45) is 0. The number of methoxy groups -OCH3 is 1. The highest BCUT2D eigenvalue weighted by atomic mass is 35.5. The molecular weight excluding hydrogens is 328 g/mol. The number of benzene rings is 1. The zero-order valence-electron chi connectivity index (χ0n) is 13.8. The second kappa shape index (κ2) is 6.13. The lowest BCUT2D eigenvalue weighted by atomic mass is 10.1. The van der Waals surface area contributed by atoms with Crippen LogP contribution in [0.3, 0.4) is 0 Å². The van der Waals surface area contributed by atoms with E-state index in [0.29, 0.717) is 27.8 Å². The Balaban J connectivity index is 2.22. The Bertz CT molecular complexity index is 949. The van der Waals surface area contributed by atoms with Crippen molar-refractivity contribution >= 4 is 34.1 Å². The fourth-order valence-electron chi connectivity index (χ4n) is 2.58. The minimum atomic E-state index is -0.175. The monoisotopic (exact) mass is 344 g/mol. The summed E-state index contributed by atoms with van der Waals surface area (Å²) in [4.78, 5) is 16.1. The van der Waals surface area contributed by atoms with Crippen molar-refractivity contribution in [2.24, 2.45) is 0 Å². The summed E-state index contributed by atoms with van der Waals surface area (Å²) in [5, 5.41) is 11.3. The number of H-pyrrole nitrogens is 1. The lowest BCUT2D eigenvalue weighted by Gasteiger charge is -2.12. The molecule has 0 atom stereocenters. The summed E-state index contributed by atoms with van der Waals surface area (Å²) in [6.45, 7) is 5.29. The van der Waals surface area contributed by atoms with Crippen LogP contribution in [0.2, 0.25) is 5.02 Å². The number of carbonyl (C=O) groups excluding carboxylic acids is 1. The first-order valence-corrected chi connectivity index (χ1v) is 7.76. The normalized spacial score (nSPS) is 10.9. The number of nitrogens with zero attached hydrogens (tertiary/aromatic N) is 2. The summed E-state index contributed by atoms with van der Waals surface area (Å²) in [5.41, 5.74) is 4.39. The average molecular weight is 345 g/mol.